The average Bonchev–Trinajstić information content (AvgIpc) is 2.35. The second-order valence-electron chi connectivity index (χ2n) is 3.13. The van der Waals surface area contributed by atoms with Crippen LogP contribution in [0.1, 0.15) is 10.4 Å². The molecule has 0 bridgehead atoms. The largest absolute Gasteiger partial charge is 0.344 e. The number of amides is 1. The monoisotopic (exact) mass is 234 g/mol. The van der Waals surface area contributed by atoms with Gasteiger partial charge in [-0.1, -0.05) is 18.7 Å². The van der Waals surface area contributed by atoms with E-state index in [9.17, 15) is 19.7 Å². The Morgan fingerprint density at radius 2 is 2.06 bits per heavy atom. The van der Waals surface area contributed by atoms with E-state index >= 15 is 0 Å². The van der Waals surface area contributed by atoms with E-state index in [-0.39, 0.29) is 23.6 Å². The molecule has 1 rings (SSSR count). The number of benzene rings is 1. The highest BCUT2D eigenvalue weighted by molar-refractivity contribution is 6.01. The Labute approximate surface area is 97.1 Å². The summed E-state index contributed by atoms with van der Waals surface area (Å²) in [5, 5.41) is 12.9. The maximum atomic E-state index is 11.6. The van der Waals surface area contributed by atoms with Crippen LogP contribution in [-0.4, -0.2) is 23.2 Å². The van der Waals surface area contributed by atoms with Gasteiger partial charge < -0.3 is 5.32 Å². The second-order valence-corrected chi connectivity index (χ2v) is 3.13. The van der Waals surface area contributed by atoms with Gasteiger partial charge in [0.25, 0.3) is 11.6 Å². The lowest BCUT2D eigenvalue weighted by molar-refractivity contribution is -0.385. The van der Waals surface area contributed by atoms with Crippen molar-refractivity contribution in [1.29, 1.82) is 0 Å². The minimum Gasteiger partial charge on any atom is -0.344 e. The van der Waals surface area contributed by atoms with Crippen LogP contribution in [0.25, 0.3) is 0 Å². The van der Waals surface area contributed by atoms with Crippen molar-refractivity contribution < 1.29 is 14.5 Å². The maximum absolute atomic E-state index is 11.6. The first-order valence-electron chi connectivity index (χ1n) is 4.73. The van der Waals surface area contributed by atoms with E-state index in [4.69, 9.17) is 0 Å². The van der Waals surface area contributed by atoms with Crippen molar-refractivity contribution in [3.05, 3.63) is 52.6 Å². The summed E-state index contributed by atoms with van der Waals surface area (Å²) in [5.74, 6) is -1.02. The standard InChI is InChI=1S/C11H10N2O4/c1-2-8(14)7-12-11(15)9-5-3-4-6-10(9)13(16)17/h2-6H,1,7H2,(H,12,15). The topological polar surface area (TPSA) is 89.3 Å². The van der Waals surface area contributed by atoms with Gasteiger partial charge in [-0.15, -0.1) is 0 Å². The highest BCUT2D eigenvalue weighted by Crippen LogP contribution is 2.16. The molecule has 6 nitrogen and oxygen atoms in total. The first kappa shape index (κ1) is 12.6. The zero-order valence-electron chi connectivity index (χ0n) is 8.88. The summed E-state index contributed by atoms with van der Waals surface area (Å²) < 4.78 is 0. The lowest BCUT2D eigenvalue weighted by Crippen LogP contribution is -2.29. The number of hydrogen-bond acceptors (Lipinski definition) is 4. The van der Waals surface area contributed by atoms with Crippen LogP contribution in [-0.2, 0) is 4.79 Å². The van der Waals surface area contributed by atoms with Crippen molar-refractivity contribution in [2.24, 2.45) is 0 Å². The Bertz CT molecular complexity index is 482. The van der Waals surface area contributed by atoms with Gasteiger partial charge in [-0.25, -0.2) is 0 Å². The first-order chi connectivity index (χ1) is 8.06. The van der Waals surface area contributed by atoms with Crippen molar-refractivity contribution in [1.82, 2.24) is 5.32 Å². The number of hydrogen-bond donors (Lipinski definition) is 1. The van der Waals surface area contributed by atoms with Gasteiger partial charge in [0.2, 0.25) is 0 Å². The van der Waals surface area contributed by atoms with Gasteiger partial charge in [0.15, 0.2) is 5.78 Å². The van der Waals surface area contributed by atoms with Gasteiger partial charge in [-0.05, 0) is 12.1 Å². The van der Waals surface area contributed by atoms with Gasteiger partial charge in [0.05, 0.1) is 11.5 Å². The number of para-hydroxylation sites is 1. The molecular formula is C11H10N2O4. The zero-order valence-corrected chi connectivity index (χ0v) is 8.88. The summed E-state index contributed by atoms with van der Waals surface area (Å²) in [6, 6.07) is 5.52. The quantitative estimate of drug-likeness (QED) is 0.469. The molecular weight excluding hydrogens is 224 g/mol. The lowest BCUT2D eigenvalue weighted by Gasteiger charge is -2.03. The first-order valence-corrected chi connectivity index (χ1v) is 4.73. The van der Waals surface area contributed by atoms with E-state index in [1.54, 1.807) is 0 Å². The Kier molecular flexibility index (Phi) is 4.10. The minimum atomic E-state index is -0.660. The maximum Gasteiger partial charge on any atom is 0.282 e. The molecule has 0 heterocycles. The molecule has 0 saturated heterocycles. The van der Waals surface area contributed by atoms with Gasteiger partial charge in [-0.3, -0.25) is 19.7 Å². The Morgan fingerprint density at radius 3 is 2.65 bits per heavy atom. The number of ketones is 1. The molecule has 0 atom stereocenters. The smallest absolute Gasteiger partial charge is 0.282 e. The fraction of sp³-hybridized carbons (Fsp3) is 0.0909. The second kappa shape index (κ2) is 5.55. The Hall–Kier alpha value is -2.50. The van der Waals surface area contributed by atoms with Crippen LogP contribution >= 0.6 is 0 Å². The number of rotatable bonds is 5. The fourth-order valence-corrected chi connectivity index (χ4v) is 1.16. The van der Waals surface area contributed by atoms with Crippen LogP contribution in [0.2, 0.25) is 0 Å². The highest BCUT2D eigenvalue weighted by atomic mass is 16.6. The van der Waals surface area contributed by atoms with Crippen molar-refractivity contribution in [3.8, 4) is 0 Å². The summed E-state index contributed by atoms with van der Waals surface area (Å²) in [7, 11) is 0. The molecule has 0 saturated carbocycles. The van der Waals surface area contributed by atoms with E-state index in [0.717, 1.165) is 6.08 Å². The average molecular weight is 234 g/mol. The third-order valence-electron chi connectivity index (χ3n) is 2.00. The van der Waals surface area contributed by atoms with E-state index in [2.05, 4.69) is 11.9 Å². The molecule has 0 aliphatic carbocycles. The van der Waals surface area contributed by atoms with E-state index in [1.807, 2.05) is 0 Å². The summed E-state index contributed by atoms with van der Waals surface area (Å²) >= 11 is 0. The number of nitro groups is 1. The molecule has 88 valence electrons. The molecule has 6 heteroatoms. The van der Waals surface area contributed by atoms with Gasteiger partial charge in [0, 0.05) is 6.07 Å². The van der Waals surface area contributed by atoms with Crippen LogP contribution in [0.3, 0.4) is 0 Å². The Morgan fingerprint density at radius 1 is 1.41 bits per heavy atom. The summed E-state index contributed by atoms with van der Waals surface area (Å²) in [5.41, 5.74) is -0.370. The van der Waals surface area contributed by atoms with E-state index in [1.165, 1.54) is 24.3 Å². The van der Waals surface area contributed by atoms with Crippen LogP contribution in [0.4, 0.5) is 5.69 Å². The lowest BCUT2D eigenvalue weighted by atomic mass is 10.1. The molecule has 1 aromatic carbocycles. The molecule has 17 heavy (non-hydrogen) atoms. The molecule has 0 aromatic heterocycles. The van der Waals surface area contributed by atoms with Crippen LogP contribution in [0.15, 0.2) is 36.9 Å². The number of nitrogens with zero attached hydrogens (tertiary/aromatic N) is 1. The molecule has 0 radical (unpaired) electrons. The number of nitrogens with one attached hydrogen (secondary N) is 1. The van der Waals surface area contributed by atoms with Crippen molar-refractivity contribution in [2.45, 2.75) is 0 Å². The number of nitro benzene ring substituents is 1. The predicted molar refractivity (Wildman–Crippen MR) is 60.6 cm³/mol. The third-order valence-corrected chi connectivity index (χ3v) is 2.00. The Balaban J connectivity index is 2.85. The molecule has 1 aromatic rings. The summed E-state index contributed by atoms with van der Waals surface area (Å²) in [4.78, 5) is 32.5. The van der Waals surface area contributed by atoms with E-state index < -0.39 is 10.8 Å². The van der Waals surface area contributed by atoms with Gasteiger partial charge in [-0.2, -0.15) is 0 Å². The van der Waals surface area contributed by atoms with Crippen molar-refractivity contribution >= 4 is 17.4 Å². The van der Waals surface area contributed by atoms with Crippen LogP contribution in [0.5, 0.6) is 0 Å². The molecule has 0 aliphatic rings. The van der Waals surface area contributed by atoms with Crippen LogP contribution < -0.4 is 5.32 Å². The van der Waals surface area contributed by atoms with Crippen molar-refractivity contribution in [3.63, 3.8) is 0 Å². The molecule has 1 amide bonds. The summed E-state index contributed by atoms with van der Waals surface area (Å²) in [6.45, 7) is 3.02. The third kappa shape index (κ3) is 3.23. The molecule has 0 spiro atoms. The zero-order chi connectivity index (χ0) is 12.8. The minimum absolute atomic E-state index is 0.0747. The van der Waals surface area contributed by atoms with Crippen LogP contribution in [0, 0.1) is 10.1 Å². The normalized spacial score (nSPS) is 9.41. The summed E-state index contributed by atoms with van der Waals surface area (Å²) in [6.07, 6.45) is 1.07. The molecule has 1 N–H and O–H groups in total. The number of carbonyl (C=O) groups is 2. The number of carbonyl (C=O) groups excluding carboxylic acids is 2. The molecule has 0 fully saturated rings. The molecule has 0 unspecified atom stereocenters. The molecule has 0 aliphatic heterocycles. The van der Waals surface area contributed by atoms with Crippen molar-refractivity contribution in [2.75, 3.05) is 6.54 Å². The highest BCUT2D eigenvalue weighted by Gasteiger charge is 2.18. The fourth-order valence-electron chi connectivity index (χ4n) is 1.16. The predicted octanol–water partition coefficient (Wildman–Crippen LogP) is 1.08. The SMILES string of the molecule is C=CC(=O)CNC(=O)c1ccccc1[N+](=O)[O-]. The van der Waals surface area contributed by atoms with E-state index in [0.29, 0.717) is 0 Å². The van der Waals surface area contributed by atoms with Gasteiger partial charge >= 0.3 is 0 Å². The van der Waals surface area contributed by atoms with Gasteiger partial charge in [0.1, 0.15) is 5.56 Å².